The zero-order valence-corrected chi connectivity index (χ0v) is 12.7. The molecular weight excluding hydrogens is 258 g/mol. The summed E-state index contributed by atoms with van der Waals surface area (Å²) in [4.78, 5) is 0. The maximum atomic E-state index is 9.97. The first-order chi connectivity index (χ1) is 9.25. The quantitative estimate of drug-likeness (QED) is 0.575. The van der Waals surface area contributed by atoms with Crippen molar-refractivity contribution in [2.24, 2.45) is 0 Å². The molecule has 0 spiro atoms. The van der Waals surface area contributed by atoms with Crippen LogP contribution in [0.5, 0.6) is 5.75 Å². The molecule has 0 aliphatic rings. The maximum absolute atomic E-state index is 9.97. The number of nitrogens with one attached hydrogen (secondary N) is 1. The van der Waals surface area contributed by atoms with Crippen molar-refractivity contribution in [1.82, 2.24) is 5.32 Å². The van der Waals surface area contributed by atoms with Crippen LogP contribution in [0.1, 0.15) is 44.9 Å². The number of aliphatic hydroxyl groups is 3. The Balaban J connectivity index is 0.00000110. The van der Waals surface area contributed by atoms with Crippen LogP contribution in [0.3, 0.4) is 0 Å². The summed E-state index contributed by atoms with van der Waals surface area (Å²) in [5, 5.41) is 39.2. The van der Waals surface area contributed by atoms with Crippen LogP contribution in [-0.4, -0.2) is 39.1 Å². The van der Waals surface area contributed by atoms with E-state index in [0.29, 0.717) is 17.7 Å². The summed E-state index contributed by atoms with van der Waals surface area (Å²) >= 11 is 0. The topological polar surface area (TPSA) is 93.0 Å². The third-order valence-electron chi connectivity index (χ3n) is 2.48. The summed E-state index contributed by atoms with van der Waals surface area (Å²) < 4.78 is 0. The van der Waals surface area contributed by atoms with E-state index in [0.717, 1.165) is 0 Å². The third kappa shape index (κ3) is 7.45. The van der Waals surface area contributed by atoms with E-state index in [4.69, 9.17) is 10.2 Å². The molecule has 1 aromatic carbocycles. The summed E-state index contributed by atoms with van der Waals surface area (Å²) in [7, 11) is 0. The van der Waals surface area contributed by atoms with Gasteiger partial charge in [0.05, 0.1) is 12.7 Å². The second-order valence-electron chi connectivity index (χ2n) is 5.51. The van der Waals surface area contributed by atoms with Gasteiger partial charge in [-0.2, -0.15) is 0 Å². The third-order valence-corrected chi connectivity index (χ3v) is 2.48. The van der Waals surface area contributed by atoms with Crippen LogP contribution in [0.4, 0.5) is 0 Å². The lowest BCUT2D eigenvalue weighted by atomic mass is 10.0. The van der Waals surface area contributed by atoms with E-state index >= 15 is 0 Å². The van der Waals surface area contributed by atoms with Crippen LogP contribution in [-0.2, 0) is 6.61 Å². The molecule has 1 unspecified atom stereocenters. The van der Waals surface area contributed by atoms with E-state index in [-0.39, 0.29) is 24.5 Å². The molecule has 20 heavy (non-hydrogen) atoms. The molecule has 0 aromatic heterocycles. The summed E-state index contributed by atoms with van der Waals surface area (Å²) in [5.74, 6) is 0.0484. The van der Waals surface area contributed by atoms with Crippen LogP contribution >= 0.6 is 0 Å². The fraction of sp³-hybridized carbons (Fsp3) is 0.600. The van der Waals surface area contributed by atoms with Crippen molar-refractivity contribution in [3.8, 4) is 5.75 Å². The number of aromatic hydroxyl groups is 1. The molecule has 5 N–H and O–H groups in total. The molecule has 116 valence electrons. The number of benzene rings is 1. The van der Waals surface area contributed by atoms with Gasteiger partial charge >= 0.3 is 0 Å². The first kappa shape index (κ1) is 18.9. The highest BCUT2D eigenvalue weighted by molar-refractivity contribution is 5.36. The van der Waals surface area contributed by atoms with Crippen molar-refractivity contribution in [3.05, 3.63) is 29.3 Å². The average Bonchev–Trinajstić information content (AvgIpc) is 2.36. The highest BCUT2D eigenvalue weighted by atomic mass is 16.3. The predicted octanol–water partition coefficient (Wildman–Crippen LogP) is 1.30. The molecule has 0 bridgehead atoms. The fourth-order valence-corrected chi connectivity index (χ4v) is 1.46. The molecule has 0 amide bonds. The van der Waals surface area contributed by atoms with Gasteiger partial charge in [0.1, 0.15) is 5.75 Å². The van der Waals surface area contributed by atoms with Crippen LogP contribution in [0.15, 0.2) is 18.2 Å². The lowest BCUT2D eigenvalue weighted by Crippen LogP contribution is -2.38. The number of aliphatic hydroxyl groups excluding tert-OH is 3. The van der Waals surface area contributed by atoms with Crippen LogP contribution in [0, 0.1) is 0 Å². The van der Waals surface area contributed by atoms with Gasteiger partial charge in [-0.05, 0) is 45.4 Å². The summed E-state index contributed by atoms with van der Waals surface area (Å²) in [6, 6.07) is 4.76. The Morgan fingerprint density at radius 1 is 1.20 bits per heavy atom. The number of rotatable bonds is 4. The minimum Gasteiger partial charge on any atom is -0.508 e. The highest BCUT2D eigenvalue weighted by Gasteiger charge is 2.14. The Bertz CT molecular complexity index is 388. The smallest absolute Gasteiger partial charge is 0.121 e. The summed E-state index contributed by atoms with van der Waals surface area (Å²) in [6.07, 6.45) is -0.653. The Labute approximate surface area is 120 Å². The van der Waals surface area contributed by atoms with Crippen LogP contribution < -0.4 is 5.32 Å². The first-order valence-corrected chi connectivity index (χ1v) is 6.71. The Kier molecular flexibility index (Phi) is 8.41. The number of β-amino-alcohol motifs (C(OH)–C–C–N with tert-alkyl or cyclic N) is 1. The molecule has 0 fully saturated rings. The van der Waals surface area contributed by atoms with Gasteiger partial charge in [0, 0.05) is 24.3 Å². The summed E-state index contributed by atoms with van der Waals surface area (Å²) in [5.41, 5.74) is 1.05. The molecule has 0 aliphatic carbocycles. The number of hydrogen-bond acceptors (Lipinski definition) is 5. The van der Waals surface area contributed by atoms with Crippen molar-refractivity contribution in [2.75, 3.05) is 13.2 Å². The van der Waals surface area contributed by atoms with Crippen LogP contribution in [0.25, 0.3) is 0 Å². The average molecular weight is 285 g/mol. The predicted molar refractivity (Wildman–Crippen MR) is 79.5 cm³/mol. The van der Waals surface area contributed by atoms with Gasteiger partial charge in [-0.15, -0.1) is 0 Å². The lowest BCUT2D eigenvalue weighted by molar-refractivity contribution is 0.163. The molecular formula is C15H27NO4. The van der Waals surface area contributed by atoms with Gasteiger partial charge in [-0.1, -0.05) is 6.07 Å². The summed E-state index contributed by atoms with van der Waals surface area (Å²) in [6.45, 7) is 8.19. The monoisotopic (exact) mass is 285 g/mol. The Morgan fingerprint density at radius 2 is 1.75 bits per heavy atom. The van der Waals surface area contributed by atoms with E-state index < -0.39 is 6.10 Å². The minimum absolute atomic E-state index is 0.0484. The lowest BCUT2D eigenvalue weighted by Gasteiger charge is -2.23. The van der Waals surface area contributed by atoms with Crippen molar-refractivity contribution in [2.45, 2.75) is 45.9 Å². The molecule has 1 atom stereocenters. The molecule has 0 aliphatic heterocycles. The number of phenols is 1. The Hall–Kier alpha value is -1.14. The fourth-order valence-electron chi connectivity index (χ4n) is 1.46. The van der Waals surface area contributed by atoms with Crippen LogP contribution in [0.2, 0.25) is 0 Å². The van der Waals surface area contributed by atoms with Crippen molar-refractivity contribution >= 4 is 0 Å². The molecule has 0 saturated carbocycles. The van der Waals surface area contributed by atoms with Gasteiger partial charge < -0.3 is 25.7 Å². The second kappa shape index (κ2) is 8.92. The number of hydrogen-bond donors (Lipinski definition) is 5. The zero-order valence-electron chi connectivity index (χ0n) is 12.7. The van der Waals surface area contributed by atoms with E-state index in [9.17, 15) is 10.2 Å². The largest absolute Gasteiger partial charge is 0.508 e. The molecule has 5 nitrogen and oxygen atoms in total. The van der Waals surface area contributed by atoms with E-state index in [1.807, 2.05) is 20.8 Å². The van der Waals surface area contributed by atoms with Gasteiger partial charge in [0.2, 0.25) is 0 Å². The molecule has 0 radical (unpaired) electrons. The molecule has 5 heteroatoms. The van der Waals surface area contributed by atoms with Crippen molar-refractivity contribution in [1.29, 1.82) is 0 Å². The van der Waals surface area contributed by atoms with Gasteiger partial charge in [-0.3, -0.25) is 0 Å². The zero-order chi connectivity index (χ0) is 15.8. The molecule has 1 rings (SSSR count). The van der Waals surface area contributed by atoms with Gasteiger partial charge in [0.15, 0.2) is 0 Å². The standard InChI is InChI=1S/C13H21NO3.C2H6O/c1-13(2,3)14-7-12(17)9-4-5-11(16)10(6-9)8-15;1-2-3/h4-6,12,14-17H,7-8H2,1-3H3;3H,2H2,1H3. The van der Waals surface area contributed by atoms with Crippen molar-refractivity contribution in [3.63, 3.8) is 0 Å². The molecule has 0 saturated heterocycles. The SMILES string of the molecule is CC(C)(C)NCC(O)c1ccc(O)c(CO)c1.CCO. The van der Waals surface area contributed by atoms with Gasteiger partial charge in [-0.25, -0.2) is 0 Å². The van der Waals surface area contributed by atoms with Gasteiger partial charge in [0.25, 0.3) is 0 Å². The van der Waals surface area contributed by atoms with E-state index in [1.165, 1.54) is 6.07 Å². The molecule has 0 heterocycles. The van der Waals surface area contributed by atoms with E-state index in [2.05, 4.69) is 5.32 Å². The van der Waals surface area contributed by atoms with Crippen molar-refractivity contribution < 1.29 is 20.4 Å². The Morgan fingerprint density at radius 3 is 2.20 bits per heavy atom. The minimum atomic E-state index is -0.653. The van der Waals surface area contributed by atoms with E-state index in [1.54, 1.807) is 19.1 Å². The molecule has 1 aromatic rings. The highest BCUT2D eigenvalue weighted by Crippen LogP contribution is 2.22. The normalized spacial score (nSPS) is 12.6. The maximum Gasteiger partial charge on any atom is 0.121 e. The first-order valence-electron chi connectivity index (χ1n) is 6.71. The second-order valence-corrected chi connectivity index (χ2v) is 5.51.